The van der Waals surface area contributed by atoms with Gasteiger partial charge >= 0.3 is 5.69 Å². The molecule has 0 aliphatic heterocycles. The molecule has 0 bridgehead atoms. The fourth-order valence-electron chi connectivity index (χ4n) is 1.83. The van der Waals surface area contributed by atoms with Gasteiger partial charge in [-0.1, -0.05) is 19.3 Å². The van der Waals surface area contributed by atoms with E-state index < -0.39 is 4.92 Å². The monoisotopic (exact) mass is 237 g/mol. The van der Waals surface area contributed by atoms with Gasteiger partial charge in [0.25, 0.3) is 0 Å². The molecule has 7 heteroatoms. The van der Waals surface area contributed by atoms with E-state index >= 15 is 0 Å². The topological polar surface area (TPSA) is 107 Å². The largest absolute Gasteiger partial charge is 0.368 e. The lowest BCUT2D eigenvalue weighted by atomic mass is 9.83. The van der Waals surface area contributed by atoms with Crippen LogP contribution in [0.15, 0.2) is 6.20 Å². The van der Waals surface area contributed by atoms with Crippen molar-refractivity contribution in [1.82, 2.24) is 9.97 Å². The van der Waals surface area contributed by atoms with Crippen molar-refractivity contribution >= 4 is 17.5 Å². The summed E-state index contributed by atoms with van der Waals surface area (Å²) in [6.45, 7) is 0.682. The van der Waals surface area contributed by atoms with E-state index in [2.05, 4.69) is 15.3 Å². The summed E-state index contributed by atoms with van der Waals surface area (Å²) in [5.41, 5.74) is 5.28. The van der Waals surface area contributed by atoms with E-state index in [0.717, 1.165) is 18.5 Å². The third-order valence-electron chi connectivity index (χ3n) is 3.05. The highest BCUT2D eigenvalue weighted by Crippen LogP contribution is 2.29. The highest BCUT2D eigenvalue weighted by molar-refractivity contribution is 5.56. The summed E-state index contributed by atoms with van der Waals surface area (Å²) in [5, 5.41) is 13.7. The van der Waals surface area contributed by atoms with Crippen LogP contribution in [0.25, 0.3) is 0 Å². The fourth-order valence-corrected chi connectivity index (χ4v) is 1.83. The zero-order chi connectivity index (χ0) is 12.3. The Morgan fingerprint density at radius 3 is 2.94 bits per heavy atom. The standard InChI is InChI=1S/C10H15N5O2/c11-10-13-6-8(15(16)17)9(14-10)12-5-4-7-2-1-3-7/h6-7H,1-5H2,(H3,11,12,13,14). The Kier molecular flexibility index (Phi) is 3.36. The maximum Gasteiger partial charge on any atom is 0.329 e. The highest BCUT2D eigenvalue weighted by atomic mass is 16.6. The third kappa shape index (κ3) is 2.80. The Hall–Kier alpha value is -1.92. The van der Waals surface area contributed by atoms with Crippen LogP contribution in [0.4, 0.5) is 17.5 Å². The van der Waals surface area contributed by atoms with Gasteiger partial charge in [-0.05, 0) is 12.3 Å². The second kappa shape index (κ2) is 4.94. The van der Waals surface area contributed by atoms with Crippen molar-refractivity contribution in [2.75, 3.05) is 17.6 Å². The third-order valence-corrected chi connectivity index (χ3v) is 3.05. The molecule has 2 rings (SSSR count). The van der Waals surface area contributed by atoms with E-state index in [1.165, 1.54) is 19.3 Å². The molecule has 3 N–H and O–H groups in total. The lowest BCUT2D eigenvalue weighted by Crippen LogP contribution is -2.16. The first-order valence-corrected chi connectivity index (χ1v) is 5.67. The molecule has 0 unspecified atom stereocenters. The summed E-state index contributed by atoms with van der Waals surface area (Å²) in [6.07, 6.45) is 5.96. The van der Waals surface area contributed by atoms with E-state index in [-0.39, 0.29) is 17.5 Å². The molecular formula is C10H15N5O2. The van der Waals surface area contributed by atoms with Gasteiger partial charge < -0.3 is 11.1 Å². The molecule has 0 spiro atoms. The summed E-state index contributed by atoms with van der Waals surface area (Å²) in [4.78, 5) is 17.7. The molecule has 1 aromatic rings. The first kappa shape index (κ1) is 11.6. The van der Waals surface area contributed by atoms with Crippen molar-refractivity contribution in [3.05, 3.63) is 16.3 Å². The number of nitrogen functional groups attached to an aromatic ring is 1. The summed E-state index contributed by atoms with van der Waals surface area (Å²) in [6, 6.07) is 0. The Labute approximate surface area is 98.6 Å². The predicted octanol–water partition coefficient (Wildman–Crippen LogP) is 1.57. The van der Waals surface area contributed by atoms with E-state index in [4.69, 9.17) is 5.73 Å². The molecule has 1 heterocycles. The normalized spacial score (nSPS) is 15.3. The maximum absolute atomic E-state index is 10.7. The van der Waals surface area contributed by atoms with Gasteiger partial charge in [0.2, 0.25) is 11.8 Å². The van der Waals surface area contributed by atoms with Crippen LogP contribution in [0, 0.1) is 16.0 Å². The smallest absolute Gasteiger partial charge is 0.329 e. The lowest BCUT2D eigenvalue weighted by molar-refractivity contribution is -0.384. The zero-order valence-corrected chi connectivity index (χ0v) is 9.43. The van der Waals surface area contributed by atoms with Crippen LogP contribution in [0.3, 0.4) is 0 Å². The van der Waals surface area contributed by atoms with Gasteiger partial charge in [0, 0.05) is 6.54 Å². The molecule has 1 aromatic heterocycles. The Morgan fingerprint density at radius 2 is 2.35 bits per heavy atom. The molecule has 1 aliphatic rings. The summed E-state index contributed by atoms with van der Waals surface area (Å²) < 4.78 is 0. The molecule has 0 aromatic carbocycles. The number of nitrogens with one attached hydrogen (secondary N) is 1. The van der Waals surface area contributed by atoms with Gasteiger partial charge in [0.1, 0.15) is 6.20 Å². The van der Waals surface area contributed by atoms with E-state index in [1.807, 2.05) is 0 Å². The van der Waals surface area contributed by atoms with Crippen LogP contribution in [-0.2, 0) is 0 Å². The number of hydrogen-bond acceptors (Lipinski definition) is 6. The minimum absolute atomic E-state index is 0.0433. The van der Waals surface area contributed by atoms with Crippen LogP contribution in [-0.4, -0.2) is 21.4 Å². The molecule has 1 fully saturated rings. The Morgan fingerprint density at radius 1 is 1.59 bits per heavy atom. The van der Waals surface area contributed by atoms with Crippen molar-refractivity contribution in [1.29, 1.82) is 0 Å². The Balaban J connectivity index is 1.97. The molecular weight excluding hydrogens is 222 g/mol. The minimum Gasteiger partial charge on any atom is -0.368 e. The summed E-state index contributed by atoms with van der Waals surface area (Å²) >= 11 is 0. The molecule has 0 atom stereocenters. The van der Waals surface area contributed by atoms with Crippen LogP contribution >= 0.6 is 0 Å². The number of nitrogens with zero attached hydrogens (tertiary/aromatic N) is 3. The van der Waals surface area contributed by atoms with Crippen molar-refractivity contribution in [3.8, 4) is 0 Å². The highest BCUT2D eigenvalue weighted by Gasteiger charge is 2.19. The Bertz CT molecular complexity index is 419. The van der Waals surface area contributed by atoms with E-state index in [9.17, 15) is 10.1 Å². The number of anilines is 2. The van der Waals surface area contributed by atoms with Crippen LogP contribution in [0.5, 0.6) is 0 Å². The molecule has 1 aliphatic carbocycles. The quantitative estimate of drug-likeness (QED) is 0.594. The second-order valence-electron chi connectivity index (χ2n) is 4.23. The predicted molar refractivity (Wildman–Crippen MR) is 63.5 cm³/mol. The van der Waals surface area contributed by atoms with Gasteiger partial charge in [-0.3, -0.25) is 10.1 Å². The van der Waals surface area contributed by atoms with Gasteiger partial charge in [-0.2, -0.15) is 4.98 Å². The number of rotatable bonds is 5. The van der Waals surface area contributed by atoms with E-state index in [1.54, 1.807) is 0 Å². The molecule has 7 nitrogen and oxygen atoms in total. The molecule has 1 saturated carbocycles. The molecule has 17 heavy (non-hydrogen) atoms. The minimum atomic E-state index is -0.509. The molecule has 0 saturated heterocycles. The first-order valence-electron chi connectivity index (χ1n) is 5.67. The molecule has 0 radical (unpaired) electrons. The van der Waals surface area contributed by atoms with Crippen molar-refractivity contribution < 1.29 is 4.92 Å². The van der Waals surface area contributed by atoms with E-state index in [0.29, 0.717) is 6.54 Å². The maximum atomic E-state index is 10.7. The van der Waals surface area contributed by atoms with Gasteiger partial charge in [-0.15, -0.1) is 0 Å². The first-order chi connectivity index (χ1) is 8.16. The van der Waals surface area contributed by atoms with Gasteiger partial charge in [0.05, 0.1) is 4.92 Å². The SMILES string of the molecule is Nc1ncc([N+](=O)[O-])c(NCCC2CCC2)n1. The second-order valence-corrected chi connectivity index (χ2v) is 4.23. The average molecular weight is 237 g/mol. The van der Waals surface area contributed by atoms with Crippen molar-refractivity contribution in [3.63, 3.8) is 0 Å². The molecule has 92 valence electrons. The lowest BCUT2D eigenvalue weighted by Gasteiger charge is -2.25. The zero-order valence-electron chi connectivity index (χ0n) is 9.43. The average Bonchev–Trinajstić information content (AvgIpc) is 2.21. The summed E-state index contributed by atoms with van der Waals surface area (Å²) in [5.74, 6) is 1.00. The van der Waals surface area contributed by atoms with Gasteiger partial charge in [-0.25, -0.2) is 4.98 Å². The van der Waals surface area contributed by atoms with Crippen molar-refractivity contribution in [2.24, 2.45) is 5.92 Å². The summed E-state index contributed by atoms with van der Waals surface area (Å²) in [7, 11) is 0. The molecule has 0 amide bonds. The van der Waals surface area contributed by atoms with Crippen molar-refractivity contribution in [2.45, 2.75) is 25.7 Å². The van der Waals surface area contributed by atoms with Crippen LogP contribution < -0.4 is 11.1 Å². The van der Waals surface area contributed by atoms with Crippen LogP contribution in [0.2, 0.25) is 0 Å². The fraction of sp³-hybridized carbons (Fsp3) is 0.600. The van der Waals surface area contributed by atoms with Gasteiger partial charge in [0.15, 0.2) is 0 Å². The number of hydrogen-bond donors (Lipinski definition) is 2. The number of nitro groups is 1. The van der Waals surface area contributed by atoms with Crippen LogP contribution in [0.1, 0.15) is 25.7 Å². The number of aromatic nitrogens is 2. The number of nitrogens with two attached hydrogens (primary N) is 1.